The first-order valence-electron chi connectivity index (χ1n) is 7.41. The summed E-state index contributed by atoms with van der Waals surface area (Å²) < 4.78 is 10.7. The van der Waals surface area contributed by atoms with E-state index in [0.717, 1.165) is 24.2 Å². The number of hydrogen-bond acceptors (Lipinski definition) is 4. The molecule has 0 aromatic rings. The number of ether oxygens (including phenoxy) is 2. The van der Waals surface area contributed by atoms with Gasteiger partial charge in [-0.25, -0.2) is 14.5 Å². The second-order valence-electron chi connectivity index (χ2n) is 7.26. The Labute approximate surface area is 127 Å². The van der Waals surface area contributed by atoms with Crippen LogP contribution in [0.2, 0.25) is 0 Å². The van der Waals surface area contributed by atoms with Crippen LogP contribution in [0.3, 0.4) is 0 Å². The highest BCUT2D eigenvalue weighted by atomic mass is 16.6. The van der Waals surface area contributed by atoms with Crippen LogP contribution in [-0.4, -0.2) is 34.3 Å². The molecular formula is C16H27NO4. The molecule has 1 atom stereocenters. The molecule has 1 aliphatic rings. The molecule has 5 heteroatoms. The highest BCUT2D eigenvalue weighted by Gasteiger charge is 2.35. The number of nitrogens with zero attached hydrogens (tertiary/aromatic N) is 1. The SMILES string of the molecule is CC(C)(C)OC(=O)N(C(=O)OC(C)(C)C)C1C=CCCC1. The van der Waals surface area contributed by atoms with Crippen molar-refractivity contribution in [3.05, 3.63) is 12.2 Å². The predicted octanol–water partition coefficient (Wildman–Crippen LogP) is 4.27. The van der Waals surface area contributed by atoms with Gasteiger partial charge in [0.1, 0.15) is 11.2 Å². The molecule has 0 saturated heterocycles. The van der Waals surface area contributed by atoms with Crippen molar-refractivity contribution in [2.75, 3.05) is 0 Å². The van der Waals surface area contributed by atoms with Crippen LogP contribution in [0.5, 0.6) is 0 Å². The maximum atomic E-state index is 12.4. The molecule has 0 bridgehead atoms. The van der Waals surface area contributed by atoms with Gasteiger partial charge in [0.25, 0.3) is 0 Å². The van der Waals surface area contributed by atoms with Gasteiger partial charge in [-0.2, -0.15) is 0 Å². The summed E-state index contributed by atoms with van der Waals surface area (Å²) in [6, 6.07) is -0.302. The molecule has 0 aliphatic heterocycles. The Balaban J connectivity index is 2.93. The van der Waals surface area contributed by atoms with Crippen molar-refractivity contribution >= 4 is 12.2 Å². The largest absolute Gasteiger partial charge is 0.443 e. The summed E-state index contributed by atoms with van der Waals surface area (Å²) in [6.45, 7) is 10.6. The van der Waals surface area contributed by atoms with Gasteiger partial charge in [-0.1, -0.05) is 12.2 Å². The molecule has 0 spiro atoms. The Morgan fingerprint density at radius 3 is 1.81 bits per heavy atom. The van der Waals surface area contributed by atoms with Crippen LogP contribution in [0.25, 0.3) is 0 Å². The molecule has 120 valence electrons. The van der Waals surface area contributed by atoms with Crippen molar-refractivity contribution in [2.24, 2.45) is 0 Å². The standard InChI is InChI=1S/C16H27NO4/c1-15(2,3)20-13(18)17(12-10-8-7-9-11-12)14(19)21-16(4,5)6/h8,10,12H,7,9,11H2,1-6H3. The molecule has 5 nitrogen and oxygen atoms in total. The van der Waals surface area contributed by atoms with Crippen LogP contribution in [-0.2, 0) is 9.47 Å². The lowest BCUT2D eigenvalue weighted by Crippen LogP contribution is -2.48. The maximum Gasteiger partial charge on any atom is 0.420 e. The van der Waals surface area contributed by atoms with Crippen LogP contribution < -0.4 is 0 Å². The van der Waals surface area contributed by atoms with E-state index in [0.29, 0.717) is 0 Å². The number of hydrogen-bond donors (Lipinski definition) is 0. The monoisotopic (exact) mass is 297 g/mol. The lowest BCUT2D eigenvalue weighted by atomic mass is 10.0. The van der Waals surface area contributed by atoms with Crippen LogP contribution in [0.4, 0.5) is 9.59 Å². The summed E-state index contributed by atoms with van der Waals surface area (Å²) in [5.74, 6) is 0. The Bertz CT molecular complexity index is 387. The van der Waals surface area contributed by atoms with Crippen molar-refractivity contribution in [3.63, 3.8) is 0 Å². The Kier molecular flexibility index (Phi) is 5.42. The number of carbonyl (C=O) groups is 2. The molecule has 0 N–H and O–H groups in total. The maximum absolute atomic E-state index is 12.4. The van der Waals surface area contributed by atoms with Crippen LogP contribution >= 0.6 is 0 Å². The number of allylic oxidation sites excluding steroid dienone is 1. The zero-order valence-electron chi connectivity index (χ0n) is 13.9. The fraction of sp³-hybridized carbons (Fsp3) is 0.750. The van der Waals surface area contributed by atoms with Crippen LogP contribution in [0.1, 0.15) is 60.8 Å². The zero-order chi connectivity index (χ0) is 16.3. The third-order valence-electron chi connectivity index (χ3n) is 2.74. The summed E-state index contributed by atoms with van der Waals surface area (Å²) in [5.41, 5.74) is -1.31. The quantitative estimate of drug-likeness (QED) is 0.678. The molecule has 0 radical (unpaired) electrons. The van der Waals surface area contributed by atoms with Gasteiger partial charge in [0.2, 0.25) is 0 Å². The normalized spacial score (nSPS) is 19.0. The molecule has 0 saturated carbocycles. The minimum atomic E-state index is -0.659. The summed E-state index contributed by atoms with van der Waals surface area (Å²) in [7, 11) is 0. The van der Waals surface area contributed by atoms with E-state index in [2.05, 4.69) is 0 Å². The molecule has 1 unspecified atom stereocenters. The van der Waals surface area contributed by atoms with Gasteiger partial charge in [0.05, 0.1) is 6.04 Å². The average molecular weight is 297 g/mol. The van der Waals surface area contributed by atoms with Gasteiger partial charge in [-0.3, -0.25) is 0 Å². The van der Waals surface area contributed by atoms with Crippen molar-refractivity contribution in [2.45, 2.75) is 78.0 Å². The minimum Gasteiger partial charge on any atom is -0.443 e. The second kappa shape index (κ2) is 6.50. The number of imide groups is 1. The molecule has 21 heavy (non-hydrogen) atoms. The van der Waals surface area contributed by atoms with E-state index in [-0.39, 0.29) is 6.04 Å². The molecule has 2 amide bonds. The van der Waals surface area contributed by atoms with Gasteiger partial charge < -0.3 is 9.47 Å². The first-order chi connectivity index (χ1) is 9.49. The van der Waals surface area contributed by atoms with Crippen LogP contribution in [0, 0.1) is 0 Å². The summed E-state index contributed by atoms with van der Waals surface area (Å²) in [5, 5.41) is 0. The number of amides is 2. The van der Waals surface area contributed by atoms with Crippen molar-refractivity contribution < 1.29 is 19.1 Å². The molecule has 0 fully saturated rings. The van der Waals surface area contributed by atoms with Crippen molar-refractivity contribution in [3.8, 4) is 0 Å². The van der Waals surface area contributed by atoms with E-state index in [9.17, 15) is 9.59 Å². The second-order valence-corrected chi connectivity index (χ2v) is 7.26. The molecular weight excluding hydrogens is 270 g/mol. The highest BCUT2D eigenvalue weighted by molar-refractivity contribution is 5.89. The molecule has 1 aliphatic carbocycles. The van der Waals surface area contributed by atoms with E-state index in [1.807, 2.05) is 12.2 Å². The fourth-order valence-corrected chi connectivity index (χ4v) is 1.98. The molecule has 0 heterocycles. The third-order valence-corrected chi connectivity index (χ3v) is 2.74. The summed E-state index contributed by atoms with van der Waals surface area (Å²) in [6.07, 6.45) is 5.17. The zero-order valence-corrected chi connectivity index (χ0v) is 13.9. The predicted molar refractivity (Wildman–Crippen MR) is 81.1 cm³/mol. The molecule has 0 aromatic carbocycles. The van der Waals surface area contributed by atoms with Gasteiger partial charge >= 0.3 is 12.2 Å². The minimum absolute atomic E-state index is 0.302. The Hall–Kier alpha value is -1.52. The van der Waals surface area contributed by atoms with Crippen molar-refractivity contribution in [1.82, 2.24) is 4.90 Å². The van der Waals surface area contributed by atoms with Crippen molar-refractivity contribution in [1.29, 1.82) is 0 Å². The first kappa shape index (κ1) is 17.5. The lowest BCUT2D eigenvalue weighted by molar-refractivity contribution is -0.00456. The molecule has 1 rings (SSSR count). The number of carbonyl (C=O) groups excluding carboxylic acids is 2. The van der Waals surface area contributed by atoms with E-state index < -0.39 is 23.4 Å². The van der Waals surface area contributed by atoms with Crippen LogP contribution in [0.15, 0.2) is 12.2 Å². The fourth-order valence-electron chi connectivity index (χ4n) is 1.98. The number of rotatable bonds is 1. The lowest BCUT2D eigenvalue weighted by Gasteiger charge is -2.33. The summed E-state index contributed by atoms with van der Waals surface area (Å²) in [4.78, 5) is 25.8. The Morgan fingerprint density at radius 1 is 1.00 bits per heavy atom. The van der Waals surface area contributed by atoms with Gasteiger partial charge in [-0.15, -0.1) is 0 Å². The topological polar surface area (TPSA) is 55.8 Å². The van der Waals surface area contributed by atoms with E-state index in [1.54, 1.807) is 41.5 Å². The van der Waals surface area contributed by atoms with E-state index >= 15 is 0 Å². The van der Waals surface area contributed by atoms with Gasteiger partial charge in [0, 0.05) is 0 Å². The van der Waals surface area contributed by atoms with E-state index in [1.165, 1.54) is 0 Å². The molecule has 0 aromatic heterocycles. The Morgan fingerprint density at radius 2 is 1.48 bits per heavy atom. The third kappa shape index (κ3) is 6.19. The van der Waals surface area contributed by atoms with Gasteiger partial charge in [-0.05, 0) is 60.8 Å². The average Bonchev–Trinajstić information content (AvgIpc) is 2.25. The summed E-state index contributed by atoms with van der Waals surface area (Å²) >= 11 is 0. The van der Waals surface area contributed by atoms with E-state index in [4.69, 9.17) is 9.47 Å². The van der Waals surface area contributed by atoms with Gasteiger partial charge in [0.15, 0.2) is 0 Å². The smallest absolute Gasteiger partial charge is 0.420 e. The highest BCUT2D eigenvalue weighted by Crippen LogP contribution is 2.22. The first-order valence-corrected chi connectivity index (χ1v) is 7.41.